The van der Waals surface area contributed by atoms with Gasteiger partial charge < -0.3 is 27.4 Å². The molecule has 0 aromatic carbocycles. The standard InChI is InChI=1S/2H2O.3O.Pt.Ta/h2*1H2;;;;;/q;;3*-2;+2;+5/p-1. The van der Waals surface area contributed by atoms with Crippen LogP contribution in [0.25, 0.3) is 0 Å². The molecular formula is H3O5PtTa. The Labute approximate surface area is 70.8 Å². The molecule has 0 spiro atoms. The molecule has 7 heteroatoms. The Morgan fingerprint density at radius 1 is 0.714 bits per heavy atom. The molecule has 0 unspecified atom stereocenters. The first kappa shape index (κ1) is 285. The van der Waals surface area contributed by atoms with Crippen LogP contribution in [-0.4, -0.2) is 11.0 Å². The van der Waals surface area contributed by atoms with Crippen LogP contribution in [0.4, 0.5) is 0 Å². The van der Waals surface area contributed by atoms with Gasteiger partial charge in [-0.3, -0.25) is 0 Å². The van der Waals surface area contributed by atoms with Crippen LogP contribution in [0.1, 0.15) is 0 Å². The van der Waals surface area contributed by atoms with Gasteiger partial charge in [0, 0.05) is 0 Å². The van der Waals surface area contributed by atoms with E-state index in [4.69, 9.17) is 0 Å². The summed E-state index contributed by atoms with van der Waals surface area (Å²) < 4.78 is 0. The largest absolute Gasteiger partial charge is 5.00 e. The number of rotatable bonds is 0. The molecule has 0 amide bonds. The predicted octanol–water partition coefficient (Wildman–Crippen LogP) is -1.36. The molecule has 48 valence electrons. The molecule has 0 aliphatic heterocycles. The molecule has 3 N–H and O–H groups in total. The van der Waals surface area contributed by atoms with E-state index in [0.29, 0.717) is 0 Å². The summed E-state index contributed by atoms with van der Waals surface area (Å²) in [6.45, 7) is 0. The van der Waals surface area contributed by atoms with Gasteiger partial charge in [0.2, 0.25) is 0 Å². The van der Waals surface area contributed by atoms with E-state index >= 15 is 0 Å². The maximum absolute atomic E-state index is 0. The summed E-state index contributed by atoms with van der Waals surface area (Å²) >= 11 is 0. The van der Waals surface area contributed by atoms with Gasteiger partial charge in [0.25, 0.3) is 0 Å². The maximum atomic E-state index is 0. The average Bonchev–Trinajstić information content (AvgIpc) is 0. The van der Waals surface area contributed by atoms with E-state index in [1.54, 1.807) is 0 Å². The molecule has 0 atom stereocenters. The molecule has 7 heavy (non-hydrogen) atoms. The Morgan fingerprint density at radius 3 is 0.714 bits per heavy atom. The quantitative estimate of drug-likeness (QED) is 0.433. The molecule has 0 saturated heterocycles. The van der Waals surface area contributed by atoms with Crippen molar-refractivity contribution in [3.63, 3.8) is 0 Å². The normalized spacial score (nSPS) is 0. The Morgan fingerprint density at radius 2 is 0.714 bits per heavy atom. The fourth-order valence-electron chi connectivity index (χ4n) is 0. The molecule has 0 bridgehead atoms. The monoisotopic (exact) mass is 459 g/mol. The summed E-state index contributed by atoms with van der Waals surface area (Å²) in [4.78, 5) is 0. The van der Waals surface area contributed by atoms with Gasteiger partial charge in [0.1, 0.15) is 0 Å². The van der Waals surface area contributed by atoms with Crippen molar-refractivity contribution in [2.24, 2.45) is 0 Å². The van der Waals surface area contributed by atoms with Gasteiger partial charge in [0.15, 0.2) is 0 Å². The van der Waals surface area contributed by atoms with Crippen LogP contribution in [0.3, 0.4) is 0 Å². The molecule has 0 rings (SSSR count). The van der Waals surface area contributed by atoms with Crippen LogP contribution >= 0.6 is 0 Å². The van der Waals surface area contributed by atoms with Gasteiger partial charge in [-0.05, 0) is 0 Å². The van der Waals surface area contributed by atoms with Crippen LogP contribution in [-0.2, 0) is 59.9 Å². The fraction of sp³-hybridized carbons (Fsp3) is 0. The van der Waals surface area contributed by atoms with E-state index in [-0.39, 0.29) is 70.8 Å². The summed E-state index contributed by atoms with van der Waals surface area (Å²) in [6, 6.07) is 0. The van der Waals surface area contributed by atoms with Gasteiger partial charge in [0.05, 0.1) is 0 Å². The fourth-order valence-corrected chi connectivity index (χ4v) is 0. The summed E-state index contributed by atoms with van der Waals surface area (Å²) in [6.07, 6.45) is 0. The second-order valence-electron chi connectivity index (χ2n) is 0. The van der Waals surface area contributed by atoms with Crippen molar-refractivity contribution in [1.29, 1.82) is 0 Å². The number of hydrogen-bond donors (Lipinski definition) is 0. The van der Waals surface area contributed by atoms with Crippen molar-refractivity contribution < 1.29 is 70.8 Å². The van der Waals surface area contributed by atoms with E-state index in [2.05, 4.69) is 0 Å². The maximum Gasteiger partial charge on any atom is 5.00 e. The first-order valence-corrected chi connectivity index (χ1v) is 0. The van der Waals surface area contributed by atoms with Gasteiger partial charge in [-0.2, -0.15) is 0 Å². The van der Waals surface area contributed by atoms with Gasteiger partial charge in [-0.25, -0.2) is 0 Å². The Balaban J connectivity index is 0. The van der Waals surface area contributed by atoms with Crippen molar-refractivity contribution in [2.75, 3.05) is 0 Å². The van der Waals surface area contributed by atoms with Crippen molar-refractivity contribution in [3.8, 4) is 0 Å². The molecule has 5 nitrogen and oxygen atoms in total. The molecular weight excluding hydrogens is 456 g/mol. The zero-order valence-electron chi connectivity index (χ0n) is 2.94. The molecule has 0 aliphatic rings. The minimum Gasteiger partial charge on any atom is -2.00 e. The van der Waals surface area contributed by atoms with Crippen molar-refractivity contribution in [1.82, 2.24) is 0 Å². The Hall–Kier alpha value is 1.23. The predicted molar refractivity (Wildman–Crippen MR) is 7.61 cm³/mol. The third-order valence-electron chi connectivity index (χ3n) is 0. The third-order valence-corrected chi connectivity index (χ3v) is 0. The van der Waals surface area contributed by atoms with E-state index in [9.17, 15) is 0 Å². The van der Waals surface area contributed by atoms with Crippen LogP contribution in [0.2, 0.25) is 0 Å². The molecule has 0 aromatic rings. The molecule has 0 fully saturated rings. The number of hydrogen-bond acceptors (Lipinski definition) is 1. The van der Waals surface area contributed by atoms with E-state index < -0.39 is 0 Å². The van der Waals surface area contributed by atoms with Gasteiger partial charge in [-0.15, -0.1) is 0 Å². The summed E-state index contributed by atoms with van der Waals surface area (Å²) in [5.74, 6) is 0. The summed E-state index contributed by atoms with van der Waals surface area (Å²) in [7, 11) is 0. The zero-order chi connectivity index (χ0) is 0. The van der Waals surface area contributed by atoms with Crippen molar-refractivity contribution in [3.05, 3.63) is 0 Å². The average molecular weight is 459 g/mol. The minimum atomic E-state index is 0. The zero-order valence-corrected chi connectivity index (χ0v) is 8.42. The van der Waals surface area contributed by atoms with E-state index in [0.717, 1.165) is 0 Å². The van der Waals surface area contributed by atoms with Crippen LogP contribution < -0.4 is 0 Å². The summed E-state index contributed by atoms with van der Waals surface area (Å²) in [5.41, 5.74) is 0. The second-order valence-corrected chi connectivity index (χ2v) is 0. The van der Waals surface area contributed by atoms with Gasteiger partial charge >= 0.3 is 43.4 Å². The van der Waals surface area contributed by atoms with Crippen molar-refractivity contribution in [2.45, 2.75) is 0 Å². The molecule has 0 aliphatic carbocycles. The summed E-state index contributed by atoms with van der Waals surface area (Å²) in [5, 5.41) is 0. The van der Waals surface area contributed by atoms with E-state index in [1.807, 2.05) is 0 Å². The van der Waals surface area contributed by atoms with Crippen LogP contribution in [0.15, 0.2) is 0 Å². The molecule has 0 heterocycles. The topological polar surface area (TPSA) is 147 Å². The van der Waals surface area contributed by atoms with E-state index in [1.165, 1.54) is 0 Å². The second kappa shape index (κ2) is 186. The first-order chi connectivity index (χ1) is 0. The molecule has 0 saturated carbocycles. The van der Waals surface area contributed by atoms with Crippen molar-refractivity contribution >= 4 is 0 Å². The van der Waals surface area contributed by atoms with Gasteiger partial charge in [-0.1, -0.05) is 0 Å². The van der Waals surface area contributed by atoms with Crippen LogP contribution in [0, 0.1) is 0 Å². The first-order valence-electron chi connectivity index (χ1n) is 0. The third kappa shape index (κ3) is 131. The SMILES string of the molecule is O.[O-2].[O-2].[O-2].[OH-].[Pt+2].[Ta+5]. The Kier molecular flexibility index (Phi) is 7560. The molecule has 0 radical (unpaired) electrons. The minimum absolute atomic E-state index is 0. The van der Waals surface area contributed by atoms with Crippen LogP contribution in [0.5, 0.6) is 0 Å². The smallest absolute Gasteiger partial charge is 2.00 e. The Bertz CT molecular complexity index is 8.04. The molecule has 0 aromatic heterocycles.